The number of nitrogen functional groups attached to an aromatic ring is 1. The number of hydrogen-bond donors (Lipinski definition) is 2. The van der Waals surface area contributed by atoms with Gasteiger partial charge in [0.05, 0.1) is 5.56 Å². The van der Waals surface area contributed by atoms with Crippen LogP contribution in [0.4, 0.5) is 11.4 Å². The molecule has 0 saturated carbocycles. The van der Waals surface area contributed by atoms with Crippen LogP contribution in [0.1, 0.15) is 22.8 Å². The quantitative estimate of drug-likeness (QED) is 0.838. The molecule has 3 nitrogen and oxygen atoms in total. The van der Waals surface area contributed by atoms with Crippen molar-refractivity contribution in [2.45, 2.75) is 13.3 Å². The summed E-state index contributed by atoms with van der Waals surface area (Å²) in [5.74, 6) is -0.249. The summed E-state index contributed by atoms with van der Waals surface area (Å²) in [5.41, 5.74) is 8.48. The molecule has 0 heterocycles. The van der Waals surface area contributed by atoms with Crippen molar-refractivity contribution in [1.29, 1.82) is 0 Å². The maximum Gasteiger partial charge on any atom is 0.257 e. The molecule has 0 unspecified atom stereocenters. The van der Waals surface area contributed by atoms with E-state index in [2.05, 4.69) is 5.32 Å². The van der Waals surface area contributed by atoms with Crippen molar-refractivity contribution < 1.29 is 4.79 Å². The Balaban J connectivity index is 2.28. The van der Waals surface area contributed by atoms with Crippen molar-refractivity contribution in [2.75, 3.05) is 11.1 Å². The van der Waals surface area contributed by atoms with Gasteiger partial charge in [-0.3, -0.25) is 4.79 Å². The van der Waals surface area contributed by atoms with Crippen LogP contribution in [0.2, 0.25) is 5.02 Å². The largest absolute Gasteiger partial charge is 0.398 e. The van der Waals surface area contributed by atoms with E-state index < -0.39 is 0 Å². The average Bonchev–Trinajstić information content (AvgIpc) is 2.42. The van der Waals surface area contributed by atoms with Gasteiger partial charge < -0.3 is 11.1 Å². The summed E-state index contributed by atoms with van der Waals surface area (Å²) in [4.78, 5) is 12.2. The molecule has 0 aliphatic carbocycles. The maximum atomic E-state index is 12.2. The number of nitrogens with one attached hydrogen (secondary N) is 1. The number of aryl methyl sites for hydroxylation is 1. The van der Waals surface area contributed by atoms with Crippen LogP contribution in [-0.2, 0) is 6.42 Å². The normalized spacial score (nSPS) is 10.2. The van der Waals surface area contributed by atoms with Crippen LogP contribution in [0.15, 0.2) is 42.5 Å². The lowest BCUT2D eigenvalue weighted by molar-refractivity contribution is 0.102. The summed E-state index contributed by atoms with van der Waals surface area (Å²) >= 11 is 5.89. The van der Waals surface area contributed by atoms with Gasteiger partial charge >= 0.3 is 0 Å². The second-order valence-electron chi connectivity index (χ2n) is 4.20. The second kappa shape index (κ2) is 5.76. The third-order valence-electron chi connectivity index (χ3n) is 2.91. The molecule has 2 rings (SSSR count). The van der Waals surface area contributed by atoms with Gasteiger partial charge in [-0.15, -0.1) is 0 Å². The van der Waals surface area contributed by atoms with Crippen molar-refractivity contribution in [2.24, 2.45) is 0 Å². The highest BCUT2D eigenvalue weighted by atomic mass is 35.5. The minimum Gasteiger partial charge on any atom is -0.398 e. The zero-order chi connectivity index (χ0) is 13.8. The monoisotopic (exact) mass is 274 g/mol. The number of para-hydroxylation sites is 1. The molecule has 19 heavy (non-hydrogen) atoms. The molecule has 1 amide bonds. The zero-order valence-corrected chi connectivity index (χ0v) is 11.4. The highest BCUT2D eigenvalue weighted by Gasteiger charge is 2.11. The second-order valence-corrected chi connectivity index (χ2v) is 4.63. The van der Waals surface area contributed by atoms with Crippen LogP contribution in [0.5, 0.6) is 0 Å². The number of anilines is 2. The first kappa shape index (κ1) is 13.4. The summed E-state index contributed by atoms with van der Waals surface area (Å²) in [6.45, 7) is 2.04. The summed E-state index contributed by atoms with van der Waals surface area (Å²) in [6, 6.07) is 12.5. The Morgan fingerprint density at radius 3 is 2.74 bits per heavy atom. The Labute approximate surface area is 117 Å². The zero-order valence-electron chi connectivity index (χ0n) is 10.6. The van der Waals surface area contributed by atoms with E-state index in [-0.39, 0.29) is 5.91 Å². The van der Waals surface area contributed by atoms with E-state index in [1.165, 1.54) is 0 Å². The molecule has 2 aromatic carbocycles. The summed E-state index contributed by atoms with van der Waals surface area (Å²) in [5, 5.41) is 3.36. The molecule has 0 bridgehead atoms. The smallest absolute Gasteiger partial charge is 0.257 e. The average molecular weight is 275 g/mol. The fourth-order valence-electron chi connectivity index (χ4n) is 1.87. The Bertz CT molecular complexity index is 611. The Morgan fingerprint density at radius 1 is 1.26 bits per heavy atom. The molecule has 4 heteroatoms. The van der Waals surface area contributed by atoms with Gasteiger partial charge in [-0.1, -0.05) is 36.7 Å². The summed E-state index contributed by atoms with van der Waals surface area (Å²) in [6.07, 6.45) is 0.849. The van der Waals surface area contributed by atoms with Crippen LogP contribution in [-0.4, -0.2) is 5.91 Å². The first-order valence-electron chi connectivity index (χ1n) is 6.06. The lowest BCUT2D eigenvalue weighted by atomic mass is 10.1. The van der Waals surface area contributed by atoms with Gasteiger partial charge in [0.2, 0.25) is 0 Å². The van der Waals surface area contributed by atoms with Gasteiger partial charge in [0.25, 0.3) is 5.91 Å². The van der Waals surface area contributed by atoms with Crippen LogP contribution >= 0.6 is 11.6 Å². The molecule has 0 atom stereocenters. The Kier molecular flexibility index (Phi) is 4.07. The molecular weight excluding hydrogens is 260 g/mol. The number of benzene rings is 2. The third-order valence-corrected chi connectivity index (χ3v) is 3.14. The fourth-order valence-corrected chi connectivity index (χ4v) is 2.04. The molecule has 0 radical (unpaired) electrons. The van der Waals surface area contributed by atoms with Gasteiger partial charge in [-0.2, -0.15) is 0 Å². The van der Waals surface area contributed by atoms with Crippen molar-refractivity contribution in [3.8, 4) is 0 Å². The van der Waals surface area contributed by atoms with Crippen molar-refractivity contribution >= 4 is 28.9 Å². The highest BCUT2D eigenvalue weighted by Crippen LogP contribution is 2.21. The molecule has 0 aliphatic rings. The Hall–Kier alpha value is -2.00. The van der Waals surface area contributed by atoms with E-state index in [1.807, 2.05) is 31.2 Å². The molecule has 98 valence electrons. The van der Waals surface area contributed by atoms with Crippen molar-refractivity contribution in [1.82, 2.24) is 0 Å². The fraction of sp³-hybridized carbons (Fsp3) is 0.133. The number of carbonyl (C=O) groups excluding carboxylic acids is 1. The first-order chi connectivity index (χ1) is 9.11. The van der Waals surface area contributed by atoms with Gasteiger partial charge in [0.1, 0.15) is 0 Å². The predicted octanol–water partition coefficient (Wildman–Crippen LogP) is 3.74. The van der Waals surface area contributed by atoms with Crippen LogP contribution < -0.4 is 11.1 Å². The van der Waals surface area contributed by atoms with E-state index >= 15 is 0 Å². The molecule has 0 aromatic heterocycles. The van der Waals surface area contributed by atoms with E-state index in [4.69, 9.17) is 17.3 Å². The molecule has 0 saturated heterocycles. The first-order valence-corrected chi connectivity index (χ1v) is 6.44. The topological polar surface area (TPSA) is 55.1 Å². The highest BCUT2D eigenvalue weighted by molar-refractivity contribution is 6.31. The lowest BCUT2D eigenvalue weighted by Gasteiger charge is -2.11. The van der Waals surface area contributed by atoms with E-state index in [1.54, 1.807) is 18.2 Å². The van der Waals surface area contributed by atoms with Crippen molar-refractivity contribution in [3.63, 3.8) is 0 Å². The number of carbonyl (C=O) groups is 1. The predicted molar refractivity (Wildman–Crippen MR) is 79.6 cm³/mol. The van der Waals surface area contributed by atoms with Crippen LogP contribution in [0.25, 0.3) is 0 Å². The van der Waals surface area contributed by atoms with Crippen LogP contribution in [0, 0.1) is 0 Å². The van der Waals surface area contributed by atoms with Gasteiger partial charge in [0.15, 0.2) is 0 Å². The number of hydrogen-bond acceptors (Lipinski definition) is 2. The third kappa shape index (κ3) is 3.06. The van der Waals surface area contributed by atoms with Gasteiger partial charge in [0, 0.05) is 16.4 Å². The number of rotatable bonds is 3. The van der Waals surface area contributed by atoms with E-state index in [0.717, 1.165) is 17.7 Å². The number of nitrogens with two attached hydrogens (primary N) is 1. The SMILES string of the molecule is CCc1ccccc1NC(=O)c1cc(Cl)ccc1N. The lowest BCUT2D eigenvalue weighted by Crippen LogP contribution is -2.15. The summed E-state index contributed by atoms with van der Waals surface area (Å²) in [7, 11) is 0. The molecular formula is C15H15ClN2O. The minimum atomic E-state index is -0.249. The molecule has 0 fully saturated rings. The molecule has 0 aliphatic heterocycles. The molecule has 3 N–H and O–H groups in total. The number of halogens is 1. The van der Waals surface area contributed by atoms with Gasteiger partial charge in [-0.25, -0.2) is 0 Å². The standard InChI is InChI=1S/C15H15ClN2O/c1-2-10-5-3-4-6-14(10)18-15(19)12-9-11(16)7-8-13(12)17/h3-9H,2,17H2,1H3,(H,18,19). The molecule has 2 aromatic rings. The minimum absolute atomic E-state index is 0.249. The van der Waals surface area contributed by atoms with E-state index in [0.29, 0.717) is 16.3 Å². The van der Waals surface area contributed by atoms with Crippen LogP contribution in [0.3, 0.4) is 0 Å². The van der Waals surface area contributed by atoms with E-state index in [9.17, 15) is 4.79 Å². The van der Waals surface area contributed by atoms with Crippen molar-refractivity contribution in [3.05, 3.63) is 58.6 Å². The Morgan fingerprint density at radius 2 is 2.00 bits per heavy atom. The maximum absolute atomic E-state index is 12.2. The molecule has 0 spiro atoms. The van der Waals surface area contributed by atoms with Gasteiger partial charge in [-0.05, 0) is 36.2 Å². The number of amides is 1. The summed E-state index contributed by atoms with van der Waals surface area (Å²) < 4.78 is 0.